The van der Waals surface area contributed by atoms with E-state index in [2.05, 4.69) is 36.3 Å². The number of carbonyl (C=O) groups is 1. The third kappa shape index (κ3) is 2.65. The number of amides is 1. The minimum atomic E-state index is 0.191. The maximum atomic E-state index is 12.1. The van der Waals surface area contributed by atoms with E-state index in [4.69, 9.17) is 4.98 Å². The predicted molar refractivity (Wildman–Crippen MR) is 88.8 cm³/mol. The van der Waals surface area contributed by atoms with Crippen molar-refractivity contribution >= 4 is 16.9 Å². The van der Waals surface area contributed by atoms with Gasteiger partial charge in [-0.2, -0.15) is 0 Å². The number of nitrogens with zero attached hydrogens (tertiary/aromatic N) is 3. The molecule has 1 aliphatic heterocycles. The van der Waals surface area contributed by atoms with Crippen LogP contribution in [0.15, 0.2) is 36.9 Å². The Morgan fingerprint density at radius 1 is 1.41 bits per heavy atom. The van der Waals surface area contributed by atoms with Gasteiger partial charge in [0.15, 0.2) is 0 Å². The quantitative estimate of drug-likeness (QED) is 0.767. The van der Waals surface area contributed by atoms with Crippen molar-refractivity contribution in [2.75, 3.05) is 13.1 Å². The first kappa shape index (κ1) is 14.8. The summed E-state index contributed by atoms with van der Waals surface area (Å²) in [6.45, 7) is 8.28. The predicted octanol–water partition coefficient (Wildman–Crippen LogP) is 3.34. The Labute approximate surface area is 131 Å². The van der Waals surface area contributed by atoms with E-state index in [1.54, 1.807) is 6.08 Å². The summed E-state index contributed by atoms with van der Waals surface area (Å²) in [5.41, 5.74) is 2.21. The second kappa shape index (κ2) is 6.34. The lowest BCUT2D eigenvalue weighted by atomic mass is 10.1. The normalized spacial score (nSPS) is 18.3. The Bertz CT molecular complexity index is 689. The number of rotatable bonds is 6. The van der Waals surface area contributed by atoms with Crippen molar-refractivity contribution in [3.63, 3.8) is 0 Å². The number of carbonyl (C=O) groups excluding carboxylic acids is 1. The van der Waals surface area contributed by atoms with Crippen LogP contribution in [-0.4, -0.2) is 33.4 Å². The average Bonchev–Trinajstić information content (AvgIpc) is 3.07. The van der Waals surface area contributed by atoms with Gasteiger partial charge in [0.25, 0.3) is 0 Å². The fourth-order valence-electron chi connectivity index (χ4n) is 3.23. The molecule has 1 saturated heterocycles. The van der Waals surface area contributed by atoms with Gasteiger partial charge in [0, 0.05) is 32.0 Å². The summed E-state index contributed by atoms with van der Waals surface area (Å²) in [6.07, 6.45) is 4.63. The van der Waals surface area contributed by atoms with Crippen LogP contribution in [0.2, 0.25) is 0 Å². The fraction of sp³-hybridized carbons (Fsp3) is 0.444. The lowest BCUT2D eigenvalue weighted by Crippen LogP contribution is -2.25. The van der Waals surface area contributed by atoms with E-state index < -0.39 is 0 Å². The van der Waals surface area contributed by atoms with Crippen molar-refractivity contribution in [2.45, 2.75) is 38.6 Å². The minimum absolute atomic E-state index is 0.191. The van der Waals surface area contributed by atoms with Crippen molar-refractivity contribution in [3.8, 4) is 0 Å². The van der Waals surface area contributed by atoms with Gasteiger partial charge in [-0.15, -0.1) is 6.58 Å². The molecule has 0 aliphatic carbocycles. The number of hydrogen-bond donors (Lipinski definition) is 0. The molecule has 22 heavy (non-hydrogen) atoms. The van der Waals surface area contributed by atoms with Crippen molar-refractivity contribution in [1.29, 1.82) is 0 Å². The zero-order valence-corrected chi connectivity index (χ0v) is 13.2. The number of hydrogen-bond acceptors (Lipinski definition) is 2. The Hall–Kier alpha value is -2.10. The van der Waals surface area contributed by atoms with Gasteiger partial charge < -0.3 is 9.47 Å². The SMILES string of the molecule is C=CCN1CC(c2nc3ccccc3n2CCCC)CC1=O. The van der Waals surface area contributed by atoms with Gasteiger partial charge in [0.05, 0.1) is 11.0 Å². The molecule has 0 radical (unpaired) electrons. The summed E-state index contributed by atoms with van der Waals surface area (Å²) in [5, 5.41) is 0. The van der Waals surface area contributed by atoms with Crippen molar-refractivity contribution < 1.29 is 4.79 Å². The Morgan fingerprint density at radius 3 is 3.00 bits per heavy atom. The van der Waals surface area contributed by atoms with Gasteiger partial charge in [-0.05, 0) is 18.6 Å². The lowest BCUT2D eigenvalue weighted by molar-refractivity contribution is -0.127. The summed E-state index contributed by atoms with van der Waals surface area (Å²) < 4.78 is 2.31. The van der Waals surface area contributed by atoms with Crippen LogP contribution < -0.4 is 0 Å². The smallest absolute Gasteiger partial charge is 0.223 e. The molecule has 0 bridgehead atoms. The highest BCUT2D eigenvalue weighted by atomic mass is 16.2. The number of para-hydroxylation sites is 2. The summed E-state index contributed by atoms with van der Waals surface area (Å²) in [5.74, 6) is 1.46. The topological polar surface area (TPSA) is 38.1 Å². The monoisotopic (exact) mass is 297 g/mol. The number of aryl methyl sites for hydroxylation is 1. The van der Waals surface area contributed by atoms with E-state index in [1.165, 1.54) is 5.52 Å². The first-order valence-corrected chi connectivity index (χ1v) is 8.08. The summed E-state index contributed by atoms with van der Waals surface area (Å²) >= 11 is 0. The molecule has 0 spiro atoms. The van der Waals surface area contributed by atoms with Crippen LogP contribution in [0.4, 0.5) is 0 Å². The number of fused-ring (bicyclic) bond motifs is 1. The number of benzene rings is 1. The molecular formula is C18H23N3O. The maximum Gasteiger partial charge on any atom is 0.223 e. The molecule has 1 amide bonds. The van der Waals surface area contributed by atoms with E-state index in [9.17, 15) is 4.79 Å². The first-order chi connectivity index (χ1) is 10.7. The van der Waals surface area contributed by atoms with Crippen molar-refractivity contribution in [2.24, 2.45) is 0 Å². The fourth-order valence-corrected chi connectivity index (χ4v) is 3.23. The maximum absolute atomic E-state index is 12.1. The zero-order chi connectivity index (χ0) is 15.5. The molecule has 4 heteroatoms. The second-order valence-electron chi connectivity index (χ2n) is 5.95. The molecule has 1 unspecified atom stereocenters. The summed E-state index contributed by atoms with van der Waals surface area (Å²) in [7, 11) is 0. The van der Waals surface area contributed by atoms with Crippen LogP contribution in [0.25, 0.3) is 11.0 Å². The number of likely N-dealkylation sites (tertiary alicyclic amines) is 1. The number of aromatic nitrogens is 2. The third-order valence-corrected chi connectivity index (χ3v) is 4.35. The molecular weight excluding hydrogens is 274 g/mol. The van der Waals surface area contributed by atoms with Crippen molar-refractivity contribution in [3.05, 3.63) is 42.7 Å². The molecule has 4 nitrogen and oxygen atoms in total. The van der Waals surface area contributed by atoms with Gasteiger partial charge in [-0.1, -0.05) is 31.6 Å². The molecule has 0 N–H and O–H groups in total. The molecule has 1 atom stereocenters. The molecule has 1 aromatic carbocycles. The van der Waals surface area contributed by atoms with Crippen LogP contribution in [0.1, 0.15) is 37.9 Å². The molecule has 116 valence electrons. The summed E-state index contributed by atoms with van der Waals surface area (Å²) in [6, 6.07) is 8.26. The number of imidazole rings is 1. The van der Waals surface area contributed by atoms with Gasteiger partial charge >= 0.3 is 0 Å². The average molecular weight is 297 g/mol. The molecule has 1 aromatic heterocycles. The van der Waals surface area contributed by atoms with E-state index in [0.717, 1.165) is 37.3 Å². The van der Waals surface area contributed by atoms with E-state index in [1.807, 2.05) is 11.0 Å². The van der Waals surface area contributed by atoms with Crippen LogP contribution in [-0.2, 0) is 11.3 Å². The standard InChI is InChI=1S/C18H23N3O/c1-3-5-11-21-16-9-7-6-8-15(16)19-18(21)14-12-17(22)20(13-14)10-4-2/h4,6-9,14H,2-3,5,10-13H2,1H3. The molecule has 0 saturated carbocycles. The first-order valence-electron chi connectivity index (χ1n) is 8.08. The Morgan fingerprint density at radius 2 is 2.23 bits per heavy atom. The minimum Gasteiger partial charge on any atom is -0.338 e. The van der Waals surface area contributed by atoms with Gasteiger partial charge in [-0.25, -0.2) is 4.98 Å². The zero-order valence-electron chi connectivity index (χ0n) is 13.2. The van der Waals surface area contributed by atoms with Gasteiger partial charge in [0.2, 0.25) is 5.91 Å². The van der Waals surface area contributed by atoms with E-state index in [-0.39, 0.29) is 11.8 Å². The highest BCUT2D eigenvalue weighted by Crippen LogP contribution is 2.30. The summed E-state index contributed by atoms with van der Waals surface area (Å²) in [4.78, 5) is 18.8. The van der Waals surface area contributed by atoms with Crippen LogP contribution >= 0.6 is 0 Å². The molecule has 2 aromatic rings. The van der Waals surface area contributed by atoms with Gasteiger partial charge in [-0.3, -0.25) is 4.79 Å². The van der Waals surface area contributed by atoms with Gasteiger partial charge in [0.1, 0.15) is 5.82 Å². The second-order valence-corrected chi connectivity index (χ2v) is 5.95. The molecule has 3 rings (SSSR count). The lowest BCUT2D eigenvalue weighted by Gasteiger charge is -2.15. The van der Waals surface area contributed by atoms with Crippen LogP contribution in [0, 0.1) is 0 Å². The number of unbranched alkanes of at least 4 members (excludes halogenated alkanes) is 1. The largest absolute Gasteiger partial charge is 0.338 e. The van der Waals surface area contributed by atoms with Crippen molar-refractivity contribution in [1.82, 2.24) is 14.5 Å². The molecule has 2 heterocycles. The molecule has 1 fully saturated rings. The van der Waals surface area contributed by atoms with Crippen LogP contribution in [0.3, 0.4) is 0 Å². The highest BCUT2D eigenvalue weighted by Gasteiger charge is 2.33. The third-order valence-electron chi connectivity index (χ3n) is 4.35. The Kier molecular flexibility index (Phi) is 4.27. The van der Waals surface area contributed by atoms with E-state index >= 15 is 0 Å². The molecule has 1 aliphatic rings. The van der Waals surface area contributed by atoms with E-state index in [0.29, 0.717) is 13.0 Å². The van der Waals surface area contributed by atoms with Crippen LogP contribution in [0.5, 0.6) is 0 Å². The highest BCUT2D eigenvalue weighted by molar-refractivity contribution is 5.81. The Balaban J connectivity index is 1.96.